The van der Waals surface area contributed by atoms with Crippen LogP contribution in [0.4, 0.5) is 5.69 Å². The number of amides is 1. The molecule has 1 heterocycles. The van der Waals surface area contributed by atoms with E-state index >= 15 is 0 Å². The molecule has 1 amide bonds. The number of carbonyl (C=O) groups excluding carboxylic acids is 1. The number of anilines is 1. The third-order valence-electron chi connectivity index (χ3n) is 3.93. The molecule has 21 heavy (non-hydrogen) atoms. The molecule has 1 aliphatic rings. The molecule has 0 aliphatic carbocycles. The largest absolute Gasteiger partial charge is 0.382 e. The van der Waals surface area contributed by atoms with Crippen molar-refractivity contribution in [3.8, 4) is 0 Å². The van der Waals surface area contributed by atoms with E-state index in [4.69, 9.17) is 0 Å². The summed E-state index contributed by atoms with van der Waals surface area (Å²) in [6.07, 6.45) is 1.87. The second-order valence-corrected chi connectivity index (χ2v) is 8.05. The molecule has 2 unspecified atom stereocenters. The van der Waals surface area contributed by atoms with Crippen LogP contribution in [0.15, 0.2) is 24.3 Å². The Kier molecular flexibility index (Phi) is 4.56. The lowest BCUT2D eigenvalue weighted by Gasteiger charge is -2.34. The number of nitrogens with one attached hydrogen (secondary N) is 1. The maximum atomic E-state index is 12.5. The second-order valence-electron chi connectivity index (χ2n) is 5.79. The van der Waals surface area contributed by atoms with E-state index in [0.29, 0.717) is 6.42 Å². The highest BCUT2D eigenvalue weighted by Gasteiger charge is 2.32. The van der Waals surface area contributed by atoms with E-state index in [9.17, 15) is 13.2 Å². The van der Waals surface area contributed by atoms with Crippen molar-refractivity contribution in [1.82, 2.24) is 4.90 Å². The first-order chi connectivity index (χ1) is 9.78. The summed E-state index contributed by atoms with van der Waals surface area (Å²) in [6, 6.07) is 8.00. The van der Waals surface area contributed by atoms with Crippen LogP contribution in [-0.4, -0.2) is 50.9 Å². The molecule has 1 aromatic rings. The monoisotopic (exact) mass is 310 g/mol. The molecule has 0 fully saturated rings. The Balaban J connectivity index is 2.06. The van der Waals surface area contributed by atoms with Crippen molar-refractivity contribution >= 4 is 21.4 Å². The van der Waals surface area contributed by atoms with Crippen LogP contribution in [-0.2, 0) is 21.1 Å². The molecule has 0 spiro atoms. The van der Waals surface area contributed by atoms with E-state index in [0.717, 1.165) is 11.3 Å². The van der Waals surface area contributed by atoms with Crippen LogP contribution in [0.1, 0.15) is 12.5 Å². The Morgan fingerprint density at radius 1 is 1.38 bits per heavy atom. The van der Waals surface area contributed by atoms with Crippen molar-refractivity contribution < 1.29 is 13.2 Å². The molecule has 0 saturated heterocycles. The smallest absolute Gasteiger partial charge is 0.227 e. The zero-order valence-electron chi connectivity index (χ0n) is 12.7. The van der Waals surface area contributed by atoms with Gasteiger partial charge in [0.2, 0.25) is 5.91 Å². The Morgan fingerprint density at radius 2 is 2.05 bits per heavy atom. The van der Waals surface area contributed by atoms with Crippen LogP contribution in [0, 0.1) is 5.92 Å². The second kappa shape index (κ2) is 6.05. The predicted molar refractivity (Wildman–Crippen MR) is 84.1 cm³/mol. The van der Waals surface area contributed by atoms with Crippen molar-refractivity contribution in [2.45, 2.75) is 19.4 Å². The fraction of sp³-hybridized carbons (Fsp3) is 0.533. The van der Waals surface area contributed by atoms with Gasteiger partial charge in [-0.25, -0.2) is 8.42 Å². The molecule has 2 rings (SSSR count). The molecule has 1 aromatic carbocycles. The Morgan fingerprint density at radius 3 is 2.71 bits per heavy atom. The van der Waals surface area contributed by atoms with Crippen LogP contribution in [0.2, 0.25) is 0 Å². The first-order valence-electron chi connectivity index (χ1n) is 7.05. The van der Waals surface area contributed by atoms with Gasteiger partial charge in [0, 0.05) is 31.6 Å². The Bertz CT molecular complexity index is 628. The summed E-state index contributed by atoms with van der Waals surface area (Å²) in [6.45, 7) is 2.23. The van der Waals surface area contributed by atoms with Crippen LogP contribution >= 0.6 is 0 Å². The highest BCUT2D eigenvalue weighted by Crippen LogP contribution is 2.29. The number of benzene rings is 1. The third-order valence-corrected chi connectivity index (χ3v) is 4.86. The lowest BCUT2D eigenvalue weighted by molar-refractivity contribution is -0.134. The lowest BCUT2D eigenvalue weighted by Crippen LogP contribution is -2.45. The molecule has 1 N–H and O–H groups in total. The van der Waals surface area contributed by atoms with Crippen molar-refractivity contribution in [3.05, 3.63) is 29.8 Å². The van der Waals surface area contributed by atoms with Crippen molar-refractivity contribution in [2.75, 3.05) is 30.9 Å². The molecule has 0 bridgehead atoms. The van der Waals surface area contributed by atoms with Gasteiger partial charge in [0.15, 0.2) is 0 Å². The summed E-state index contributed by atoms with van der Waals surface area (Å²) < 4.78 is 22.4. The average Bonchev–Trinajstić information content (AvgIpc) is 2.42. The van der Waals surface area contributed by atoms with Gasteiger partial charge in [0.25, 0.3) is 0 Å². The number of sulfone groups is 1. The van der Waals surface area contributed by atoms with E-state index in [1.165, 1.54) is 11.2 Å². The van der Waals surface area contributed by atoms with Crippen LogP contribution in [0.3, 0.4) is 0 Å². The van der Waals surface area contributed by atoms with Crippen molar-refractivity contribution in [3.63, 3.8) is 0 Å². The van der Waals surface area contributed by atoms with Crippen LogP contribution in [0.25, 0.3) is 0 Å². The summed E-state index contributed by atoms with van der Waals surface area (Å²) in [5.74, 6) is -0.169. The van der Waals surface area contributed by atoms with Gasteiger partial charge in [-0.15, -0.1) is 0 Å². The standard InChI is InChI=1S/C15H22N2O3S/c1-11-13(10-12-6-4-5-7-14(12)16-11)15(18)17(2)8-9-21(3,19)20/h4-7,11,13,16H,8-10H2,1-3H3. The fourth-order valence-electron chi connectivity index (χ4n) is 2.60. The minimum Gasteiger partial charge on any atom is -0.382 e. The van der Waals surface area contributed by atoms with E-state index < -0.39 is 9.84 Å². The minimum atomic E-state index is -3.06. The number of rotatable bonds is 4. The molecule has 5 nitrogen and oxygen atoms in total. The molecule has 0 radical (unpaired) electrons. The summed E-state index contributed by atoms with van der Waals surface area (Å²) in [4.78, 5) is 14.1. The predicted octanol–water partition coefficient (Wildman–Crippen LogP) is 1.16. The van der Waals surface area contributed by atoms with Crippen LogP contribution in [0.5, 0.6) is 0 Å². The molecule has 0 aromatic heterocycles. The maximum absolute atomic E-state index is 12.5. The van der Waals surface area contributed by atoms with Gasteiger partial charge in [-0.05, 0) is 25.0 Å². The minimum absolute atomic E-state index is 0.000354. The number of para-hydroxylation sites is 1. The first-order valence-corrected chi connectivity index (χ1v) is 9.11. The summed E-state index contributed by atoms with van der Waals surface area (Å²) in [5.41, 5.74) is 2.21. The van der Waals surface area contributed by atoms with Gasteiger partial charge in [-0.3, -0.25) is 4.79 Å². The molecular weight excluding hydrogens is 288 g/mol. The van der Waals surface area contributed by atoms with Gasteiger partial charge in [0.05, 0.1) is 11.7 Å². The first kappa shape index (κ1) is 15.8. The summed E-state index contributed by atoms with van der Waals surface area (Å²) >= 11 is 0. The van der Waals surface area contributed by atoms with E-state index in [1.807, 2.05) is 31.2 Å². The van der Waals surface area contributed by atoms with Gasteiger partial charge in [0.1, 0.15) is 9.84 Å². The van der Waals surface area contributed by atoms with Gasteiger partial charge in [-0.2, -0.15) is 0 Å². The number of hydrogen-bond donors (Lipinski definition) is 1. The Hall–Kier alpha value is -1.56. The third kappa shape index (κ3) is 3.97. The van der Waals surface area contributed by atoms with E-state index in [2.05, 4.69) is 5.32 Å². The molecule has 0 saturated carbocycles. The fourth-order valence-corrected chi connectivity index (χ4v) is 3.20. The number of hydrogen-bond acceptors (Lipinski definition) is 4. The topological polar surface area (TPSA) is 66.5 Å². The van der Waals surface area contributed by atoms with Gasteiger partial charge in [-0.1, -0.05) is 18.2 Å². The van der Waals surface area contributed by atoms with Gasteiger partial charge >= 0.3 is 0 Å². The van der Waals surface area contributed by atoms with Crippen molar-refractivity contribution in [1.29, 1.82) is 0 Å². The molecule has 116 valence electrons. The van der Waals surface area contributed by atoms with Crippen molar-refractivity contribution in [2.24, 2.45) is 5.92 Å². The number of nitrogens with zero attached hydrogens (tertiary/aromatic N) is 1. The molecule has 6 heteroatoms. The van der Waals surface area contributed by atoms with E-state index in [-0.39, 0.29) is 30.2 Å². The quantitative estimate of drug-likeness (QED) is 0.906. The summed E-state index contributed by atoms with van der Waals surface area (Å²) in [5, 5.41) is 3.35. The zero-order valence-corrected chi connectivity index (χ0v) is 13.5. The van der Waals surface area contributed by atoms with Gasteiger partial charge < -0.3 is 10.2 Å². The lowest BCUT2D eigenvalue weighted by atomic mass is 9.87. The molecule has 2 atom stereocenters. The Labute approximate surface area is 126 Å². The zero-order chi connectivity index (χ0) is 15.6. The normalized spacial score (nSPS) is 21.3. The summed E-state index contributed by atoms with van der Waals surface area (Å²) in [7, 11) is -1.39. The highest BCUT2D eigenvalue weighted by molar-refractivity contribution is 7.90. The number of carbonyl (C=O) groups is 1. The SMILES string of the molecule is CC1Nc2ccccc2CC1C(=O)N(C)CCS(C)(=O)=O. The molecule has 1 aliphatic heterocycles. The molecular formula is C15H22N2O3S. The average molecular weight is 310 g/mol. The van der Waals surface area contributed by atoms with E-state index in [1.54, 1.807) is 7.05 Å². The van der Waals surface area contributed by atoms with Crippen LogP contribution < -0.4 is 5.32 Å². The highest BCUT2D eigenvalue weighted by atomic mass is 32.2. The maximum Gasteiger partial charge on any atom is 0.227 e. The number of fused-ring (bicyclic) bond motifs is 1.